The molecular weight excluding hydrogens is 276 g/mol. The fraction of sp³-hybridized carbons (Fsp3) is 0.176. The van der Waals surface area contributed by atoms with Gasteiger partial charge in [0, 0.05) is 23.5 Å². The van der Waals surface area contributed by atoms with Gasteiger partial charge in [-0.25, -0.2) is 0 Å². The van der Waals surface area contributed by atoms with Crippen molar-refractivity contribution >= 4 is 17.4 Å². The number of hydrogen-bond donors (Lipinski definition) is 1. The summed E-state index contributed by atoms with van der Waals surface area (Å²) in [5.41, 5.74) is 9.79. The normalized spacial score (nSPS) is 13.9. The van der Waals surface area contributed by atoms with Gasteiger partial charge < -0.3 is 10.2 Å². The van der Waals surface area contributed by atoms with Crippen LogP contribution in [-0.4, -0.2) is 16.7 Å². The van der Waals surface area contributed by atoms with Crippen LogP contribution in [0.1, 0.15) is 12.0 Å². The molecule has 110 valence electrons. The molecular formula is C17H16N4O. The van der Waals surface area contributed by atoms with Crippen LogP contribution in [0.2, 0.25) is 0 Å². The van der Waals surface area contributed by atoms with E-state index in [9.17, 15) is 0 Å². The lowest BCUT2D eigenvalue weighted by molar-refractivity contribution is 0.554. The summed E-state index contributed by atoms with van der Waals surface area (Å²) in [5, 5.41) is 8.38. The molecule has 0 radical (unpaired) electrons. The van der Waals surface area contributed by atoms with Gasteiger partial charge in [-0.1, -0.05) is 29.4 Å². The van der Waals surface area contributed by atoms with Crippen molar-refractivity contribution in [1.29, 1.82) is 0 Å². The van der Waals surface area contributed by atoms with E-state index in [4.69, 9.17) is 10.2 Å². The molecule has 22 heavy (non-hydrogen) atoms. The van der Waals surface area contributed by atoms with E-state index in [2.05, 4.69) is 33.3 Å². The van der Waals surface area contributed by atoms with Crippen molar-refractivity contribution in [2.75, 3.05) is 17.2 Å². The van der Waals surface area contributed by atoms with Crippen LogP contribution in [0.5, 0.6) is 0 Å². The number of aryl methyl sites for hydroxylation is 1. The van der Waals surface area contributed by atoms with Gasteiger partial charge in [0.15, 0.2) is 0 Å². The lowest BCUT2D eigenvalue weighted by Crippen LogP contribution is -2.24. The predicted molar refractivity (Wildman–Crippen MR) is 85.9 cm³/mol. The molecule has 0 amide bonds. The highest BCUT2D eigenvalue weighted by atomic mass is 16.4. The van der Waals surface area contributed by atoms with Gasteiger partial charge in [-0.2, -0.15) is 0 Å². The third-order valence-corrected chi connectivity index (χ3v) is 3.89. The van der Waals surface area contributed by atoms with Crippen LogP contribution in [0.3, 0.4) is 0 Å². The Morgan fingerprint density at radius 3 is 2.86 bits per heavy atom. The molecule has 5 heteroatoms. The van der Waals surface area contributed by atoms with Crippen LogP contribution < -0.4 is 10.6 Å². The summed E-state index contributed by atoms with van der Waals surface area (Å²) in [5.74, 6) is 0.491. The maximum absolute atomic E-state index is 5.87. The second-order valence-corrected chi connectivity index (χ2v) is 5.40. The predicted octanol–water partition coefficient (Wildman–Crippen LogP) is 3.40. The highest BCUT2D eigenvalue weighted by Crippen LogP contribution is 2.33. The topological polar surface area (TPSA) is 68.2 Å². The fourth-order valence-corrected chi connectivity index (χ4v) is 2.85. The minimum Gasteiger partial charge on any atom is -0.403 e. The van der Waals surface area contributed by atoms with Gasteiger partial charge in [0.2, 0.25) is 5.89 Å². The van der Waals surface area contributed by atoms with Crippen LogP contribution in [0.25, 0.3) is 11.5 Å². The van der Waals surface area contributed by atoms with Crippen LogP contribution >= 0.6 is 0 Å². The van der Waals surface area contributed by atoms with E-state index in [0.717, 1.165) is 30.6 Å². The first-order valence-electron chi connectivity index (χ1n) is 7.36. The maximum Gasteiger partial charge on any atom is 0.323 e. The smallest absolute Gasteiger partial charge is 0.323 e. The maximum atomic E-state index is 5.87. The number of nitrogens with zero attached hydrogens (tertiary/aromatic N) is 3. The third kappa shape index (κ3) is 2.20. The number of nitrogen functional groups attached to an aromatic ring is 1. The molecule has 1 aliphatic heterocycles. The van der Waals surface area contributed by atoms with Gasteiger partial charge in [0.25, 0.3) is 0 Å². The molecule has 2 aromatic carbocycles. The SMILES string of the molecule is Nc1cccc(-c2nnc(N3CCCc4ccccc43)o2)c1. The molecule has 0 aliphatic carbocycles. The van der Waals surface area contributed by atoms with E-state index in [-0.39, 0.29) is 0 Å². The van der Waals surface area contributed by atoms with Crippen molar-refractivity contribution in [3.05, 3.63) is 54.1 Å². The van der Waals surface area contributed by atoms with Gasteiger partial charge in [-0.05, 0) is 42.7 Å². The molecule has 0 saturated heterocycles. The highest BCUT2D eigenvalue weighted by molar-refractivity contribution is 5.64. The summed E-state index contributed by atoms with van der Waals surface area (Å²) >= 11 is 0. The van der Waals surface area contributed by atoms with Crippen LogP contribution in [0.4, 0.5) is 17.4 Å². The van der Waals surface area contributed by atoms with Crippen molar-refractivity contribution in [2.24, 2.45) is 0 Å². The summed E-state index contributed by atoms with van der Waals surface area (Å²) < 4.78 is 5.87. The highest BCUT2D eigenvalue weighted by Gasteiger charge is 2.22. The summed E-state index contributed by atoms with van der Waals surface area (Å²) in [6.07, 6.45) is 2.16. The molecule has 0 unspecified atom stereocenters. The molecule has 0 atom stereocenters. The lowest BCUT2D eigenvalue weighted by atomic mass is 10.0. The van der Waals surface area contributed by atoms with Crippen molar-refractivity contribution in [1.82, 2.24) is 10.2 Å². The second-order valence-electron chi connectivity index (χ2n) is 5.40. The lowest BCUT2D eigenvalue weighted by Gasteiger charge is -2.27. The molecule has 0 spiro atoms. The zero-order valence-corrected chi connectivity index (χ0v) is 12.1. The molecule has 3 aromatic rings. The zero-order chi connectivity index (χ0) is 14.9. The number of anilines is 3. The molecule has 0 saturated carbocycles. The molecule has 0 bridgehead atoms. The summed E-state index contributed by atoms with van der Waals surface area (Å²) in [6, 6.07) is 16.3. The number of para-hydroxylation sites is 1. The van der Waals surface area contributed by atoms with Crippen molar-refractivity contribution in [2.45, 2.75) is 12.8 Å². The Hall–Kier alpha value is -2.82. The average Bonchev–Trinajstić information content (AvgIpc) is 3.04. The molecule has 2 heterocycles. The van der Waals surface area contributed by atoms with Crippen LogP contribution in [0.15, 0.2) is 52.9 Å². The number of nitrogens with two attached hydrogens (primary N) is 1. The van der Waals surface area contributed by atoms with Gasteiger partial charge in [-0.15, -0.1) is 5.10 Å². The van der Waals surface area contributed by atoms with E-state index in [0.29, 0.717) is 17.6 Å². The molecule has 5 nitrogen and oxygen atoms in total. The Labute approximate surface area is 128 Å². The van der Waals surface area contributed by atoms with Gasteiger partial charge in [-0.3, -0.25) is 4.90 Å². The van der Waals surface area contributed by atoms with Crippen molar-refractivity contribution in [3.8, 4) is 11.5 Å². The molecule has 4 rings (SSSR count). The Kier molecular flexibility index (Phi) is 3.04. The Balaban J connectivity index is 1.71. The molecule has 1 aromatic heterocycles. The minimum atomic E-state index is 0.491. The van der Waals surface area contributed by atoms with Crippen molar-refractivity contribution in [3.63, 3.8) is 0 Å². The Bertz CT molecular complexity index is 812. The van der Waals surface area contributed by atoms with Crippen LogP contribution in [-0.2, 0) is 6.42 Å². The molecule has 1 aliphatic rings. The quantitative estimate of drug-likeness (QED) is 0.733. The minimum absolute atomic E-state index is 0.491. The first-order valence-corrected chi connectivity index (χ1v) is 7.36. The monoisotopic (exact) mass is 292 g/mol. The van der Waals surface area contributed by atoms with E-state index < -0.39 is 0 Å². The zero-order valence-electron chi connectivity index (χ0n) is 12.1. The third-order valence-electron chi connectivity index (χ3n) is 3.89. The molecule has 0 fully saturated rings. The number of aromatic nitrogens is 2. The first-order chi connectivity index (χ1) is 10.8. The summed E-state index contributed by atoms with van der Waals surface area (Å²) in [4.78, 5) is 2.08. The molecule has 2 N–H and O–H groups in total. The summed E-state index contributed by atoms with van der Waals surface area (Å²) in [7, 11) is 0. The van der Waals surface area contributed by atoms with Gasteiger partial charge in [0.1, 0.15) is 0 Å². The second kappa shape index (κ2) is 5.18. The van der Waals surface area contributed by atoms with E-state index in [1.807, 2.05) is 30.3 Å². The van der Waals surface area contributed by atoms with E-state index in [1.165, 1.54) is 5.56 Å². The van der Waals surface area contributed by atoms with Crippen molar-refractivity contribution < 1.29 is 4.42 Å². The van der Waals surface area contributed by atoms with Gasteiger partial charge in [0.05, 0.1) is 0 Å². The van der Waals surface area contributed by atoms with E-state index >= 15 is 0 Å². The van der Waals surface area contributed by atoms with Crippen LogP contribution in [0, 0.1) is 0 Å². The number of fused-ring (bicyclic) bond motifs is 1. The standard InChI is InChI=1S/C17H16N4O/c18-14-8-3-6-13(11-14)16-19-20-17(22-16)21-10-4-7-12-5-1-2-9-15(12)21/h1-3,5-6,8-9,11H,4,7,10,18H2. The van der Waals surface area contributed by atoms with Gasteiger partial charge >= 0.3 is 6.01 Å². The Morgan fingerprint density at radius 1 is 1.05 bits per heavy atom. The first kappa shape index (κ1) is 12.9. The largest absolute Gasteiger partial charge is 0.403 e. The Morgan fingerprint density at radius 2 is 1.95 bits per heavy atom. The summed E-state index contributed by atoms with van der Waals surface area (Å²) in [6.45, 7) is 0.884. The number of hydrogen-bond acceptors (Lipinski definition) is 5. The fourth-order valence-electron chi connectivity index (χ4n) is 2.85. The average molecular weight is 292 g/mol. The van der Waals surface area contributed by atoms with E-state index in [1.54, 1.807) is 0 Å². The number of benzene rings is 2. The number of rotatable bonds is 2.